The Labute approximate surface area is 117 Å². The molecule has 1 aromatic heterocycles. The lowest BCUT2D eigenvalue weighted by molar-refractivity contribution is -0.151. The molecule has 2 heterocycles. The first kappa shape index (κ1) is 13.1. The maximum atomic E-state index is 12.5. The molecule has 7 nitrogen and oxygen atoms in total. The highest BCUT2D eigenvalue weighted by molar-refractivity contribution is 5.97. The number of nitrogens with zero attached hydrogens (tertiary/aromatic N) is 4. The van der Waals surface area contributed by atoms with Gasteiger partial charge in [0, 0.05) is 13.2 Å². The van der Waals surface area contributed by atoms with Crippen LogP contribution in [0.25, 0.3) is 0 Å². The van der Waals surface area contributed by atoms with E-state index < -0.39 is 6.04 Å². The smallest absolute Gasteiger partial charge is 0.246 e. The highest BCUT2D eigenvalue weighted by atomic mass is 16.2. The largest absolute Gasteiger partial charge is 0.343 e. The van der Waals surface area contributed by atoms with Crippen LogP contribution in [0.5, 0.6) is 0 Å². The minimum absolute atomic E-state index is 0.00495. The van der Waals surface area contributed by atoms with Crippen LogP contribution < -0.4 is 5.32 Å². The van der Waals surface area contributed by atoms with E-state index in [-0.39, 0.29) is 17.9 Å². The summed E-state index contributed by atoms with van der Waals surface area (Å²) in [5, 5.41) is 10.7. The first-order valence-electron chi connectivity index (χ1n) is 7.06. The van der Waals surface area contributed by atoms with Crippen LogP contribution in [0.4, 0.5) is 0 Å². The fourth-order valence-corrected chi connectivity index (χ4v) is 2.77. The van der Waals surface area contributed by atoms with Crippen molar-refractivity contribution in [3.63, 3.8) is 0 Å². The van der Waals surface area contributed by atoms with Crippen LogP contribution in [0.1, 0.15) is 31.9 Å². The van der Waals surface area contributed by atoms with E-state index in [0.29, 0.717) is 18.9 Å². The van der Waals surface area contributed by atoms with Crippen molar-refractivity contribution >= 4 is 11.8 Å². The van der Waals surface area contributed by atoms with Gasteiger partial charge in [-0.25, -0.2) is 0 Å². The van der Waals surface area contributed by atoms with E-state index in [1.807, 2.05) is 6.92 Å². The fourth-order valence-electron chi connectivity index (χ4n) is 2.77. The lowest BCUT2D eigenvalue weighted by Gasteiger charge is -2.38. The van der Waals surface area contributed by atoms with E-state index in [0.717, 1.165) is 18.5 Å². The van der Waals surface area contributed by atoms with Crippen molar-refractivity contribution < 1.29 is 9.59 Å². The van der Waals surface area contributed by atoms with Gasteiger partial charge >= 0.3 is 0 Å². The van der Waals surface area contributed by atoms with E-state index in [1.54, 1.807) is 22.8 Å². The van der Waals surface area contributed by atoms with Crippen LogP contribution in [-0.4, -0.2) is 43.8 Å². The summed E-state index contributed by atoms with van der Waals surface area (Å²) in [5.41, 5.74) is 0.719. The SMILES string of the molecule is CCC1NC(=O)C(C2CC2)N(Cc2cn(C)nn2)C1=O. The summed E-state index contributed by atoms with van der Waals surface area (Å²) in [7, 11) is 1.79. The molecule has 2 fully saturated rings. The third-order valence-corrected chi connectivity index (χ3v) is 3.96. The summed E-state index contributed by atoms with van der Waals surface area (Å²) in [5.74, 6) is 0.269. The molecule has 2 unspecified atom stereocenters. The summed E-state index contributed by atoms with van der Waals surface area (Å²) in [6, 6.07) is -0.749. The number of aryl methyl sites for hydroxylation is 1. The van der Waals surface area contributed by atoms with Gasteiger partial charge in [-0.15, -0.1) is 5.10 Å². The second-order valence-electron chi connectivity index (χ2n) is 5.60. The first-order chi connectivity index (χ1) is 9.60. The van der Waals surface area contributed by atoms with Crippen molar-refractivity contribution in [3.8, 4) is 0 Å². The van der Waals surface area contributed by atoms with Crippen LogP contribution in [0.15, 0.2) is 6.20 Å². The van der Waals surface area contributed by atoms with Gasteiger partial charge in [-0.05, 0) is 25.2 Å². The van der Waals surface area contributed by atoms with Crippen molar-refractivity contribution in [1.29, 1.82) is 0 Å². The topological polar surface area (TPSA) is 80.1 Å². The lowest BCUT2D eigenvalue weighted by atomic mass is 10.0. The van der Waals surface area contributed by atoms with Crippen LogP contribution in [0, 0.1) is 5.92 Å². The normalized spacial score (nSPS) is 26.8. The third kappa shape index (κ3) is 2.28. The Hall–Kier alpha value is -1.92. The molecule has 0 aromatic carbocycles. The molecule has 0 spiro atoms. The number of aromatic nitrogens is 3. The third-order valence-electron chi connectivity index (χ3n) is 3.96. The van der Waals surface area contributed by atoms with Gasteiger partial charge < -0.3 is 10.2 Å². The van der Waals surface area contributed by atoms with Gasteiger partial charge in [-0.2, -0.15) is 0 Å². The lowest BCUT2D eigenvalue weighted by Crippen LogP contribution is -2.63. The molecule has 3 rings (SSSR count). The number of carbonyl (C=O) groups excluding carboxylic acids is 2. The van der Waals surface area contributed by atoms with Crippen LogP contribution in [0.3, 0.4) is 0 Å². The second-order valence-corrected chi connectivity index (χ2v) is 5.60. The van der Waals surface area contributed by atoms with E-state index in [2.05, 4.69) is 15.6 Å². The van der Waals surface area contributed by atoms with Crippen molar-refractivity contribution in [2.75, 3.05) is 0 Å². The standard InChI is InChI=1S/C13H19N5O2/c1-3-10-13(20)18(7-9-6-17(2)16-15-9)11(8-4-5-8)12(19)14-10/h6,8,10-11H,3-5,7H2,1-2H3,(H,14,19). The zero-order valence-electron chi connectivity index (χ0n) is 11.7. The quantitative estimate of drug-likeness (QED) is 0.828. The minimum atomic E-state index is -0.408. The molecule has 108 valence electrons. The zero-order valence-corrected chi connectivity index (χ0v) is 11.7. The van der Waals surface area contributed by atoms with E-state index >= 15 is 0 Å². The predicted molar refractivity (Wildman–Crippen MR) is 70.3 cm³/mol. The average Bonchev–Trinajstić information content (AvgIpc) is 3.16. The Balaban J connectivity index is 1.85. The second kappa shape index (κ2) is 4.88. The summed E-state index contributed by atoms with van der Waals surface area (Å²) in [4.78, 5) is 26.5. The number of hydrogen-bond donors (Lipinski definition) is 1. The van der Waals surface area contributed by atoms with Crippen LogP contribution in [-0.2, 0) is 23.2 Å². The van der Waals surface area contributed by atoms with Gasteiger partial charge in [-0.3, -0.25) is 14.3 Å². The number of carbonyl (C=O) groups is 2. The van der Waals surface area contributed by atoms with E-state index in [1.165, 1.54) is 0 Å². The fraction of sp³-hybridized carbons (Fsp3) is 0.692. The van der Waals surface area contributed by atoms with Crippen LogP contribution >= 0.6 is 0 Å². The minimum Gasteiger partial charge on any atom is -0.343 e. The number of nitrogens with one attached hydrogen (secondary N) is 1. The molecular weight excluding hydrogens is 258 g/mol. The van der Waals surface area contributed by atoms with Gasteiger partial charge in [0.2, 0.25) is 11.8 Å². The molecule has 1 N–H and O–H groups in total. The van der Waals surface area contributed by atoms with Crippen molar-refractivity contribution in [2.45, 2.75) is 44.8 Å². The Morgan fingerprint density at radius 1 is 1.40 bits per heavy atom. The van der Waals surface area contributed by atoms with Crippen LogP contribution in [0.2, 0.25) is 0 Å². The Morgan fingerprint density at radius 2 is 2.15 bits per heavy atom. The molecule has 2 amide bonds. The van der Waals surface area contributed by atoms with Crippen molar-refractivity contribution in [1.82, 2.24) is 25.2 Å². The monoisotopic (exact) mass is 277 g/mol. The molecule has 2 atom stereocenters. The molecule has 2 aliphatic rings. The molecule has 1 saturated carbocycles. The van der Waals surface area contributed by atoms with Gasteiger partial charge in [0.1, 0.15) is 17.8 Å². The average molecular weight is 277 g/mol. The number of hydrogen-bond acceptors (Lipinski definition) is 4. The molecule has 0 radical (unpaired) electrons. The molecule has 1 aliphatic heterocycles. The molecule has 1 aromatic rings. The molecule has 7 heteroatoms. The number of rotatable bonds is 4. The maximum absolute atomic E-state index is 12.5. The predicted octanol–water partition coefficient (Wildman–Crippen LogP) is -0.169. The van der Waals surface area contributed by atoms with E-state index in [9.17, 15) is 9.59 Å². The number of piperazine rings is 1. The number of amides is 2. The summed E-state index contributed by atoms with van der Waals surface area (Å²) in [6.45, 7) is 2.26. The van der Waals surface area contributed by atoms with Gasteiger partial charge in [0.15, 0.2) is 0 Å². The Kier molecular flexibility index (Phi) is 3.19. The highest BCUT2D eigenvalue weighted by Crippen LogP contribution is 2.37. The molecule has 1 aliphatic carbocycles. The first-order valence-corrected chi connectivity index (χ1v) is 7.06. The van der Waals surface area contributed by atoms with E-state index in [4.69, 9.17) is 0 Å². The molecule has 1 saturated heterocycles. The highest BCUT2D eigenvalue weighted by Gasteiger charge is 2.47. The molecular formula is C13H19N5O2. The summed E-state index contributed by atoms with van der Waals surface area (Å²) >= 11 is 0. The molecule has 20 heavy (non-hydrogen) atoms. The van der Waals surface area contributed by atoms with Gasteiger partial charge in [0.05, 0.1) is 6.54 Å². The Bertz CT molecular complexity index is 537. The molecule has 0 bridgehead atoms. The van der Waals surface area contributed by atoms with Crippen molar-refractivity contribution in [3.05, 3.63) is 11.9 Å². The maximum Gasteiger partial charge on any atom is 0.246 e. The van der Waals surface area contributed by atoms with Crippen molar-refractivity contribution in [2.24, 2.45) is 13.0 Å². The summed E-state index contributed by atoms with van der Waals surface area (Å²) in [6.07, 6.45) is 4.42. The zero-order chi connectivity index (χ0) is 14.3. The van der Waals surface area contributed by atoms with Gasteiger partial charge in [0.25, 0.3) is 0 Å². The van der Waals surface area contributed by atoms with Gasteiger partial charge in [-0.1, -0.05) is 12.1 Å². The summed E-state index contributed by atoms with van der Waals surface area (Å²) < 4.78 is 1.60. The Morgan fingerprint density at radius 3 is 2.70 bits per heavy atom.